The fourth-order valence-corrected chi connectivity index (χ4v) is 3.64. The average Bonchev–Trinajstić information content (AvgIpc) is 3.01. The second-order valence-electron chi connectivity index (χ2n) is 6.84. The van der Waals surface area contributed by atoms with Crippen LogP contribution in [-0.4, -0.2) is 30.2 Å². The standard InChI is InChI=1S/C24H21NO3/c1-3-28-22-11-7-4-8-17(22)15-25(2)24(27)16-12-13-19-18-9-5-6-10-20(18)23(26)21(19)14-16/h4-14H,3,15H2,1-2H3. The molecule has 0 unspecified atom stereocenters. The van der Waals surface area contributed by atoms with Crippen molar-refractivity contribution in [1.82, 2.24) is 4.90 Å². The number of ether oxygens (including phenoxy) is 1. The molecule has 3 aromatic carbocycles. The molecule has 0 radical (unpaired) electrons. The summed E-state index contributed by atoms with van der Waals surface area (Å²) in [6.45, 7) is 2.94. The SMILES string of the molecule is CCOc1ccccc1CN(C)C(=O)c1ccc2c(c1)C(=O)c1ccccc1-2. The molecule has 140 valence electrons. The van der Waals surface area contributed by atoms with E-state index in [1.807, 2.05) is 61.5 Å². The van der Waals surface area contributed by atoms with E-state index in [0.29, 0.717) is 29.8 Å². The van der Waals surface area contributed by atoms with Crippen molar-refractivity contribution >= 4 is 11.7 Å². The van der Waals surface area contributed by atoms with E-state index in [-0.39, 0.29) is 11.7 Å². The lowest BCUT2D eigenvalue weighted by molar-refractivity contribution is 0.0784. The summed E-state index contributed by atoms with van der Waals surface area (Å²) in [5, 5.41) is 0. The third-order valence-electron chi connectivity index (χ3n) is 5.00. The average molecular weight is 371 g/mol. The highest BCUT2D eigenvalue weighted by atomic mass is 16.5. The second kappa shape index (κ2) is 7.31. The van der Waals surface area contributed by atoms with Gasteiger partial charge in [-0.15, -0.1) is 0 Å². The van der Waals surface area contributed by atoms with Crippen molar-refractivity contribution in [1.29, 1.82) is 0 Å². The van der Waals surface area contributed by atoms with Crippen LogP contribution in [0.25, 0.3) is 11.1 Å². The van der Waals surface area contributed by atoms with Crippen molar-refractivity contribution < 1.29 is 14.3 Å². The van der Waals surface area contributed by atoms with Gasteiger partial charge in [-0.1, -0.05) is 48.5 Å². The van der Waals surface area contributed by atoms with Gasteiger partial charge < -0.3 is 9.64 Å². The highest BCUT2D eigenvalue weighted by molar-refractivity contribution is 6.22. The Morgan fingerprint density at radius 1 is 0.893 bits per heavy atom. The van der Waals surface area contributed by atoms with Gasteiger partial charge in [0.2, 0.25) is 0 Å². The van der Waals surface area contributed by atoms with Crippen LogP contribution < -0.4 is 4.74 Å². The molecule has 3 aromatic rings. The van der Waals surface area contributed by atoms with Gasteiger partial charge in [-0.2, -0.15) is 0 Å². The number of amides is 1. The van der Waals surface area contributed by atoms with E-state index in [1.54, 1.807) is 24.1 Å². The summed E-state index contributed by atoms with van der Waals surface area (Å²) in [4.78, 5) is 27.3. The molecular weight excluding hydrogens is 350 g/mol. The first-order chi connectivity index (χ1) is 13.6. The van der Waals surface area contributed by atoms with Gasteiger partial charge in [-0.25, -0.2) is 0 Å². The zero-order valence-electron chi connectivity index (χ0n) is 15.9. The molecule has 4 heteroatoms. The maximum atomic E-state index is 13.0. The first kappa shape index (κ1) is 18.0. The van der Waals surface area contributed by atoms with Gasteiger partial charge in [0.25, 0.3) is 5.91 Å². The van der Waals surface area contributed by atoms with Gasteiger partial charge in [0.15, 0.2) is 5.78 Å². The fraction of sp³-hybridized carbons (Fsp3) is 0.167. The van der Waals surface area contributed by atoms with E-state index in [1.165, 1.54) is 0 Å². The molecule has 0 spiro atoms. The van der Waals surface area contributed by atoms with Crippen LogP contribution >= 0.6 is 0 Å². The number of hydrogen-bond donors (Lipinski definition) is 0. The molecule has 1 aliphatic carbocycles. The first-order valence-corrected chi connectivity index (χ1v) is 9.34. The largest absolute Gasteiger partial charge is 0.494 e. The maximum Gasteiger partial charge on any atom is 0.253 e. The number of nitrogens with zero attached hydrogens (tertiary/aromatic N) is 1. The molecule has 0 heterocycles. The number of rotatable bonds is 5. The van der Waals surface area contributed by atoms with E-state index < -0.39 is 0 Å². The quantitative estimate of drug-likeness (QED) is 0.516. The van der Waals surface area contributed by atoms with E-state index in [9.17, 15) is 9.59 Å². The van der Waals surface area contributed by atoms with Gasteiger partial charge in [0, 0.05) is 35.8 Å². The lowest BCUT2D eigenvalue weighted by Crippen LogP contribution is -2.26. The van der Waals surface area contributed by atoms with Crippen LogP contribution in [0.4, 0.5) is 0 Å². The molecule has 1 aliphatic rings. The lowest BCUT2D eigenvalue weighted by atomic mass is 10.0. The topological polar surface area (TPSA) is 46.6 Å². The molecule has 0 aliphatic heterocycles. The molecule has 0 bridgehead atoms. The molecule has 0 N–H and O–H groups in total. The molecule has 0 saturated carbocycles. The number of ketones is 1. The molecule has 1 amide bonds. The van der Waals surface area contributed by atoms with E-state index in [2.05, 4.69) is 0 Å². The molecule has 4 nitrogen and oxygen atoms in total. The normalized spacial score (nSPS) is 11.7. The first-order valence-electron chi connectivity index (χ1n) is 9.34. The molecular formula is C24H21NO3. The van der Waals surface area contributed by atoms with Crippen LogP contribution in [0, 0.1) is 0 Å². The molecule has 0 fully saturated rings. The van der Waals surface area contributed by atoms with Crippen molar-refractivity contribution in [3.63, 3.8) is 0 Å². The predicted octanol–water partition coefficient (Wildman–Crippen LogP) is 4.57. The minimum atomic E-state index is -0.127. The van der Waals surface area contributed by atoms with E-state index >= 15 is 0 Å². The van der Waals surface area contributed by atoms with Crippen LogP contribution in [0.5, 0.6) is 5.75 Å². The molecule has 0 aromatic heterocycles. The van der Waals surface area contributed by atoms with Crippen molar-refractivity contribution in [3.05, 3.63) is 89.0 Å². The summed E-state index contributed by atoms with van der Waals surface area (Å²) in [7, 11) is 1.76. The van der Waals surface area contributed by atoms with E-state index in [4.69, 9.17) is 4.74 Å². The molecule has 28 heavy (non-hydrogen) atoms. The number of fused-ring (bicyclic) bond motifs is 3. The fourth-order valence-electron chi connectivity index (χ4n) is 3.64. The number of carbonyl (C=O) groups excluding carboxylic acids is 2. The minimum Gasteiger partial charge on any atom is -0.494 e. The number of para-hydroxylation sites is 1. The smallest absolute Gasteiger partial charge is 0.253 e. The zero-order valence-corrected chi connectivity index (χ0v) is 15.9. The number of hydrogen-bond acceptors (Lipinski definition) is 3. The highest BCUT2D eigenvalue weighted by Gasteiger charge is 2.27. The van der Waals surface area contributed by atoms with Gasteiger partial charge >= 0.3 is 0 Å². The molecule has 0 atom stereocenters. The Balaban J connectivity index is 1.59. The Morgan fingerprint density at radius 2 is 1.57 bits per heavy atom. The summed E-state index contributed by atoms with van der Waals surface area (Å²) >= 11 is 0. The maximum absolute atomic E-state index is 13.0. The Kier molecular flexibility index (Phi) is 4.70. The van der Waals surface area contributed by atoms with Gasteiger partial charge in [-0.05, 0) is 36.2 Å². The van der Waals surface area contributed by atoms with Gasteiger partial charge in [0.05, 0.1) is 6.61 Å². The van der Waals surface area contributed by atoms with Crippen molar-refractivity contribution in [2.45, 2.75) is 13.5 Å². The van der Waals surface area contributed by atoms with Crippen molar-refractivity contribution in [3.8, 4) is 16.9 Å². The summed E-state index contributed by atoms with van der Waals surface area (Å²) in [5.74, 6) is 0.631. The Labute approximate surface area is 164 Å². The molecule has 4 rings (SSSR count). The Hall–Kier alpha value is -3.40. The van der Waals surface area contributed by atoms with Crippen LogP contribution in [0.3, 0.4) is 0 Å². The third kappa shape index (κ3) is 3.07. The van der Waals surface area contributed by atoms with Gasteiger partial charge in [-0.3, -0.25) is 9.59 Å². The third-order valence-corrected chi connectivity index (χ3v) is 5.00. The van der Waals surface area contributed by atoms with Crippen molar-refractivity contribution in [2.24, 2.45) is 0 Å². The lowest BCUT2D eigenvalue weighted by Gasteiger charge is -2.19. The Morgan fingerprint density at radius 3 is 2.36 bits per heavy atom. The Bertz CT molecular complexity index is 1070. The summed E-state index contributed by atoms with van der Waals surface area (Å²) < 4.78 is 5.65. The van der Waals surface area contributed by atoms with Crippen LogP contribution in [-0.2, 0) is 6.54 Å². The molecule has 0 saturated heterocycles. The van der Waals surface area contributed by atoms with Crippen molar-refractivity contribution in [2.75, 3.05) is 13.7 Å². The van der Waals surface area contributed by atoms with E-state index in [0.717, 1.165) is 22.4 Å². The summed E-state index contributed by atoms with van der Waals surface area (Å²) in [6, 6.07) is 20.6. The van der Waals surface area contributed by atoms with Crippen LogP contribution in [0.15, 0.2) is 66.7 Å². The van der Waals surface area contributed by atoms with Gasteiger partial charge in [0.1, 0.15) is 5.75 Å². The highest BCUT2D eigenvalue weighted by Crippen LogP contribution is 2.36. The van der Waals surface area contributed by atoms with Crippen LogP contribution in [0.1, 0.15) is 38.8 Å². The summed E-state index contributed by atoms with van der Waals surface area (Å²) in [5.41, 5.74) is 4.57. The minimum absolute atomic E-state index is 0.0235. The number of carbonyl (C=O) groups is 2. The second-order valence-corrected chi connectivity index (χ2v) is 6.84. The zero-order chi connectivity index (χ0) is 19.7. The van der Waals surface area contributed by atoms with Crippen LogP contribution in [0.2, 0.25) is 0 Å². The summed E-state index contributed by atoms with van der Waals surface area (Å²) in [6.07, 6.45) is 0. The number of benzene rings is 3. The predicted molar refractivity (Wildman–Crippen MR) is 109 cm³/mol. The monoisotopic (exact) mass is 371 g/mol.